The lowest BCUT2D eigenvalue weighted by molar-refractivity contribution is 0.0375. The second kappa shape index (κ2) is 4.83. The number of carbonyl (C=O) groups is 1. The highest BCUT2D eigenvalue weighted by Gasteiger charge is 2.21. The molecule has 0 unspecified atom stereocenters. The van der Waals surface area contributed by atoms with Gasteiger partial charge in [-0.3, -0.25) is 0 Å². The molecule has 0 heterocycles. The summed E-state index contributed by atoms with van der Waals surface area (Å²) in [4.78, 5) is 11.7. The van der Waals surface area contributed by atoms with Gasteiger partial charge in [-0.25, -0.2) is 9.18 Å². The standard InChI is InChI=1S/C11H14FNO3/c1-6(2)16-11(14)9-8(15-3)5-4-7(12)10(9)13/h4-6H,13H2,1-3H3. The van der Waals surface area contributed by atoms with Crippen LogP contribution in [0.3, 0.4) is 0 Å². The molecular weight excluding hydrogens is 213 g/mol. The molecule has 0 saturated carbocycles. The second-order valence-electron chi connectivity index (χ2n) is 3.49. The summed E-state index contributed by atoms with van der Waals surface area (Å²) in [6, 6.07) is 2.48. The van der Waals surface area contributed by atoms with E-state index in [4.69, 9.17) is 15.2 Å². The van der Waals surface area contributed by atoms with Gasteiger partial charge in [0.1, 0.15) is 17.1 Å². The molecular formula is C11H14FNO3. The number of halogens is 1. The Hall–Kier alpha value is -1.78. The van der Waals surface area contributed by atoms with Gasteiger partial charge in [0.05, 0.1) is 18.9 Å². The van der Waals surface area contributed by atoms with Gasteiger partial charge in [0.15, 0.2) is 0 Å². The van der Waals surface area contributed by atoms with E-state index in [1.54, 1.807) is 13.8 Å². The van der Waals surface area contributed by atoms with Crippen LogP contribution in [0.2, 0.25) is 0 Å². The predicted molar refractivity (Wildman–Crippen MR) is 57.9 cm³/mol. The van der Waals surface area contributed by atoms with Crippen molar-refractivity contribution in [3.63, 3.8) is 0 Å². The Morgan fingerprint density at radius 3 is 2.56 bits per heavy atom. The molecule has 0 saturated heterocycles. The van der Waals surface area contributed by atoms with Crippen molar-refractivity contribution in [2.45, 2.75) is 20.0 Å². The average molecular weight is 227 g/mol. The molecule has 2 N–H and O–H groups in total. The maximum atomic E-state index is 13.2. The topological polar surface area (TPSA) is 61.5 Å². The molecule has 0 radical (unpaired) electrons. The summed E-state index contributed by atoms with van der Waals surface area (Å²) in [6.45, 7) is 3.39. The Morgan fingerprint density at radius 1 is 1.44 bits per heavy atom. The van der Waals surface area contributed by atoms with E-state index in [1.165, 1.54) is 13.2 Å². The van der Waals surface area contributed by atoms with Gasteiger partial charge >= 0.3 is 5.97 Å². The largest absolute Gasteiger partial charge is 0.496 e. The fraction of sp³-hybridized carbons (Fsp3) is 0.364. The Labute approximate surface area is 93.2 Å². The summed E-state index contributed by atoms with van der Waals surface area (Å²) in [5.74, 6) is -1.16. The first-order valence-electron chi connectivity index (χ1n) is 4.80. The number of nitrogens with two attached hydrogens (primary N) is 1. The van der Waals surface area contributed by atoms with Gasteiger partial charge in [-0.2, -0.15) is 0 Å². The van der Waals surface area contributed by atoms with Crippen molar-refractivity contribution < 1.29 is 18.7 Å². The predicted octanol–water partition coefficient (Wildman–Crippen LogP) is 1.98. The minimum Gasteiger partial charge on any atom is -0.496 e. The third kappa shape index (κ3) is 2.42. The zero-order chi connectivity index (χ0) is 12.3. The van der Waals surface area contributed by atoms with Gasteiger partial charge in [-0.05, 0) is 26.0 Å². The molecule has 88 valence electrons. The average Bonchev–Trinajstić information content (AvgIpc) is 2.20. The van der Waals surface area contributed by atoms with Crippen LogP contribution < -0.4 is 10.5 Å². The van der Waals surface area contributed by atoms with E-state index >= 15 is 0 Å². The van der Waals surface area contributed by atoms with E-state index in [-0.39, 0.29) is 23.1 Å². The molecule has 0 aromatic heterocycles. The lowest BCUT2D eigenvalue weighted by Crippen LogP contribution is -2.15. The molecule has 1 rings (SSSR count). The molecule has 0 aliphatic rings. The maximum absolute atomic E-state index is 13.2. The van der Waals surface area contributed by atoms with Crippen molar-refractivity contribution in [2.75, 3.05) is 12.8 Å². The fourth-order valence-electron chi connectivity index (χ4n) is 1.23. The van der Waals surface area contributed by atoms with Crippen LogP contribution in [0.5, 0.6) is 5.75 Å². The number of hydrogen-bond acceptors (Lipinski definition) is 4. The SMILES string of the molecule is COc1ccc(F)c(N)c1C(=O)OC(C)C. The molecule has 0 aliphatic heterocycles. The summed E-state index contributed by atoms with van der Waals surface area (Å²) in [7, 11) is 1.37. The fourth-order valence-corrected chi connectivity index (χ4v) is 1.23. The van der Waals surface area contributed by atoms with Crippen LogP contribution in [0.25, 0.3) is 0 Å². The first-order chi connectivity index (χ1) is 7.47. The Morgan fingerprint density at radius 2 is 2.06 bits per heavy atom. The molecule has 1 aromatic rings. The van der Waals surface area contributed by atoms with Crippen molar-refractivity contribution in [3.05, 3.63) is 23.5 Å². The number of hydrogen-bond donors (Lipinski definition) is 1. The number of benzene rings is 1. The van der Waals surface area contributed by atoms with Gasteiger partial charge in [-0.1, -0.05) is 0 Å². The molecule has 5 heteroatoms. The van der Waals surface area contributed by atoms with Crippen LogP contribution in [0.4, 0.5) is 10.1 Å². The van der Waals surface area contributed by atoms with Gasteiger partial charge in [-0.15, -0.1) is 0 Å². The second-order valence-corrected chi connectivity index (χ2v) is 3.49. The number of anilines is 1. The molecule has 0 amide bonds. The molecule has 0 aliphatic carbocycles. The van der Waals surface area contributed by atoms with Crippen molar-refractivity contribution in [1.29, 1.82) is 0 Å². The number of esters is 1. The van der Waals surface area contributed by atoms with Crippen molar-refractivity contribution in [1.82, 2.24) is 0 Å². The lowest BCUT2D eigenvalue weighted by atomic mass is 10.1. The van der Waals surface area contributed by atoms with E-state index in [0.29, 0.717) is 0 Å². The van der Waals surface area contributed by atoms with Gasteiger partial charge < -0.3 is 15.2 Å². The van der Waals surface area contributed by atoms with Crippen molar-refractivity contribution in [2.24, 2.45) is 0 Å². The van der Waals surface area contributed by atoms with Crippen LogP contribution in [0.1, 0.15) is 24.2 Å². The van der Waals surface area contributed by atoms with Crippen LogP contribution in [0, 0.1) is 5.82 Å². The first-order valence-corrected chi connectivity index (χ1v) is 4.80. The quantitative estimate of drug-likeness (QED) is 0.633. The number of ether oxygens (including phenoxy) is 2. The number of methoxy groups -OCH3 is 1. The van der Waals surface area contributed by atoms with E-state index in [1.807, 2.05) is 0 Å². The number of nitrogen functional groups attached to an aromatic ring is 1. The minimum atomic E-state index is -0.691. The van der Waals surface area contributed by atoms with E-state index in [2.05, 4.69) is 0 Å². The molecule has 0 spiro atoms. The Balaban J connectivity index is 3.19. The third-order valence-corrected chi connectivity index (χ3v) is 1.92. The number of carbonyl (C=O) groups excluding carboxylic acids is 1. The summed E-state index contributed by atoms with van der Waals surface area (Å²) < 4.78 is 23.1. The zero-order valence-corrected chi connectivity index (χ0v) is 9.41. The summed E-state index contributed by atoms with van der Waals surface area (Å²) >= 11 is 0. The van der Waals surface area contributed by atoms with Crippen LogP contribution >= 0.6 is 0 Å². The van der Waals surface area contributed by atoms with Crippen molar-refractivity contribution in [3.8, 4) is 5.75 Å². The summed E-state index contributed by atoms with van der Waals surface area (Å²) in [5, 5.41) is 0. The molecule has 0 bridgehead atoms. The van der Waals surface area contributed by atoms with E-state index in [0.717, 1.165) is 6.07 Å². The highest BCUT2D eigenvalue weighted by atomic mass is 19.1. The first kappa shape index (κ1) is 12.3. The third-order valence-electron chi connectivity index (χ3n) is 1.92. The lowest BCUT2D eigenvalue weighted by Gasteiger charge is -2.13. The highest BCUT2D eigenvalue weighted by molar-refractivity contribution is 5.98. The Bertz CT molecular complexity index is 404. The maximum Gasteiger partial charge on any atom is 0.344 e. The van der Waals surface area contributed by atoms with E-state index < -0.39 is 11.8 Å². The summed E-state index contributed by atoms with van der Waals surface area (Å²) in [6.07, 6.45) is -0.306. The molecule has 0 fully saturated rings. The molecule has 16 heavy (non-hydrogen) atoms. The highest BCUT2D eigenvalue weighted by Crippen LogP contribution is 2.27. The van der Waals surface area contributed by atoms with Gasteiger partial charge in [0, 0.05) is 0 Å². The normalized spacial score (nSPS) is 10.3. The van der Waals surface area contributed by atoms with Crippen molar-refractivity contribution >= 4 is 11.7 Å². The molecule has 0 atom stereocenters. The minimum absolute atomic E-state index is 0.0730. The monoisotopic (exact) mass is 227 g/mol. The smallest absolute Gasteiger partial charge is 0.344 e. The molecule has 4 nitrogen and oxygen atoms in total. The van der Waals surface area contributed by atoms with Gasteiger partial charge in [0.25, 0.3) is 0 Å². The van der Waals surface area contributed by atoms with Gasteiger partial charge in [0.2, 0.25) is 0 Å². The van der Waals surface area contributed by atoms with Crippen LogP contribution in [-0.2, 0) is 4.74 Å². The van der Waals surface area contributed by atoms with Crippen LogP contribution in [-0.4, -0.2) is 19.2 Å². The summed E-state index contributed by atoms with van der Waals surface area (Å²) in [5.41, 5.74) is 5.15. The Kier molecular flexibility index (Phi) is 3.71. The van der Waals surface area contributed by atoms with Crippen LogP contribution in [0.15, 0.2) is 12.1 Å². The number of rotatable bonds is 3. The zero-order valence-electron chi connectivity index (χ0n) is 9.41. The molecule has 1 aromatic carbocycles. The van der Waals surface area contributed by atoms with E-state index in [9.17, 15) is 9.18 Å².